The highest BCUT2D eigenvalue weighted by atomic mass is 19.4. The van der Waals surface area contributed by atoms with E-state index in [2.05, 4.69) is 15.3 Å². The van der Waals surface area contributed by atoms with E-state index < -0.39 is 12.6 Å². The minimum Gasteiger partial charge on any atom is -0.399 e. The smallest absolute Gasteiger partial charge is 0.389 e. The van der Waals surface area contributed by atoms with Gasteiger partial charge in [0, 0.05) is 18.7 Å². The number of fused-ring (bicyclic) bond motifs is 1. The molecular formula is C12H13F3N4O. The van der Waals surface area contributed by atoms with E-state index in [1.54, 1.807) is 12.1 Å². The maximum Gasteiger partial charge on any atom is 0.389 e. The van der Waals surface area contributed by atoms with Gasteiger partial charge in [-0.3, -0.25) is 9.78 Å². The van der Waals surface area contributed by atoms with Crippen molar-refractivity contribution in [2.75, 3.05) is 17.6 Å². The largest absolute Gasteiger partial charge is 0.399 e. The molecule has 0 aliphatic heterocycles. The van der Waals surface area contributed by atoms with Crippen LogP contribution in [0.3, 0.4) is 0 Å². The Balaban J connectivity index is 2.08. The van der Waals surface area contributed by atoms with Crippen molar-refractivity contribution in [2.45, 2.75) is 19.0 Å². The van der Waals surface area contributed by atoms with E-state index in [-0.39, 0.29) is 24.5 Å². The van der Waals surface area contributed by atoms with Crippen LogP contribution >= 0.6 is 0 Å². The Kier molecular flexibility index (Phi) is 3.82. The molecule has 1 aromatic carbocycles. The molecule has 0 fully saturated rings. The van der Waals surface area contributed by atoms with Crippen LogP contribution in [0.4, 0.5) is 24.8 Å². The van der Waals surface area contributed by atoms with Crippen LogP contribution in [0.5, 0.6) is 0 Å². The summed E-state index contributed by atoms with van der Waals surface area (Å²) in [6.45, 7) is 0.0724. The maximum atomic E-state index is 12.0. The van der Waals surface area contributed by atoms with E-state index in [9.17, 15) is 18.0 Å². The van der Waals surface area contributed by atoms with Crippen LogP contribution in [-0.4, -0.2) is 22.7 Å². The van der Waals surface area contributed by atoms with Crippen LogP contribution < -0.4 is 16.6 Å². The molecule has 0 aliphatic rings. The fraction of sp³-hybridized carbons (Fsp3) is 0.333. The van der Waals surface area contributed by atoms with Gasteiger partial charge in [0.1, 0.15) is 0 Å². The van der Waals surface area contributed by atoms with Crippen LogP contribution in [0.15, 0.2) is 23.0 Å². The predicted octanol–water partition coefficient (Wildman–Crippen LogP) is 2.26. The van der Waals surface area contributed by atoms with Crippen LogP contribution in [0, 0.1) is 0 Å². The zero-order chi connectivity index (χ0) is 14.8. The molecule has 0 amide bonds. The second-order valence-corrected chi connectivity index (χ2v) is 4.34. The summed E-state index contributed by atoms with van der Waals surface area (Å²) in [5, 5.41) is 3.01. The number of nitrogens with zero attached hydrogens (tertiary/aromatic N) is 1. The molecular weight excluding hydrogens is 273 g/mol. The molecule has 0 unspecified atom stereocenters. The summed E-state index contributed by atoms with van der Waals surface area (Å²) >= 11 is 0. The number of nitrogens with two attached hydrogens (primary N) is 1. The number of hydrogen-bond donors (Lipinski definition) is 3. The first-order chi connectivity index (χ1) is 9.35. The van der Waals surface area contributed by atoms with Crippen molar-refractivity contribution in [1.29, 1.82) is 0 Å². The van der Waals surface area contributed by atoms with Gasteiger partial charge in [-0.15, -0.1) is 0 Å². The van der Waals surface area contributed by atoms with Gasteiger partial charge in [0.2, 0.25) is 5.95 Å². The summed E-state index contributed by atoms with van der Waals surface area (Å²) < 4.78 is 35.9. The number of rotatable bonds is 4. The second-order valence-electron chi connectivity index (χ2n) is 4.34. The molecule has 0 spiro atoms. The van der Waals surface area contributed by atoms with E-state index in [1.165, 1.54) is 6.07 Å². The molecule has 0 bridgehead atoms. The van der Waals surface area contributed by atoms with Crippen LogP contribution in [0.2, 0.25) is 0 Å². The quantitative estimate of drug-likeness (QED) is 0.594. The van der Waals surface area contributed by atoms with Gasteiger partial charge in [0.25, 0.3) is 5.56 Å². The van der Waals surface area contributed by atoms with Gasteiger partial charge in [-0.25, -0.2) is 4.98 Å². The Bertz CT molecular complexity index is 666. The normalized spacial score (nSPS) is 11.8. The van der Waals surface area contributed by atoms with Crippen molar-refractivity contribution in [2.24, 2.45) is 0 Å². The molecule has 0 atom stereocenters. The van der Waals surface area contributed by atoms with Crippen molar-refractivity contribution < 1.29 is 13.2 Å². The number of hydrogen-bond acceptors (Lipinski definition) is 4. The predicted molar refractivity (Wildman–Crippen MR) is 70.6 cm³/mol. The number of H-pyrrole nitrogens is 1. The van der Waals surface area contributed by atoms with Crippen molar-refractivity contribution in [1.82, 2.24) is 9.97 Å². The Morgan fingerprint density at radius 3 is 2.80 bits per heavy atom. The van der Waals surface area contributed by atoms with Gasteiger partial charge in [0.05, 0.1) is 10.9 Å². The van der Waals surface area contributed by atoms with E-state index in [0.29, 0.717) is 16.6 Å². The van der Waals surface area contributed by atoms with Crippen molar-refractivity contribution in [3.63, 3.8) is 0 Å². The summed E-state index contributed by atoms with van der Waals surface area (Å²) in [4.78, 5) is 18.3. The van der Waals surface area contributed by atoms with E-state index in [0.717, 1.165) is 0 Å². The lowest BCUT2D eigenvalue weighted by Gasteiger charge is -2.08. The first kappa shape index (κ1) is 14.2. The highest BCUT2D eigenvalue weighted by molar-refractivity contribution is 5.81. The Labute approximate surface area is 112 Å². The van der Waals surface area contributed by atoms with Crippen LogP contribution in [0.25, 0.3) is 10.9 Å². The van der Waals surface area contributed by atoms with Crippen LogP contribution in [-0.2, 0) is 0 Å². The van der Waals surface area contributed by atoms with Gasteiger partial charge in [-0.05, 0) is 24.6 Å². The summed E-state index contributed by atoms with van der Waals surface area (Å²) in [5.74, 6) is 0.148. The average molecular weight is 286 g/mol. The lowest BCUT2D eigenvalue weighted by molar-refractivity contribution is -0.134. The van der Waals surface area contributed by atoms with Gasteiger partial charge < -0.3 is 11.1 Å². The third-order valence-corrected chi connectivity index (χ3v) is 2.66. The monoisotopic (exact) mass is 286 g/mol. The third kappa shape index (κ3) is 3.62. The number of halogens is 3. The molecule has 8 heteroatoms. The van der Waals surface area contributed by atoms with Gasteiger partial charge >= 0.3 is 6.18 Å². The molecule has 5 nitrogen and oxygen atoms in total. The SMILES string of the molecule is Nc1ccc2nc(NCCCC(F)(F)F)[nH]c(=O)c2c1. The van der Waals surface area contributed by atoms with E-state index in [4.69, 9.17) is 5.73 Å². The number of nitrogens with one attached hydrogen (secondary N) is 2. The van der Waals surface area contributed by atoms with E-state index in [1.807, 2.05) is 0 Å². The molecule has 1 heterocycles. The lowest BCUT2D eigenvalue weighted by Crippen LogP contribution is -2.16. The first-order valence-corrected chi connectivity index (χ1v) is 5.95. The number of benzene rings is 1. The molecule has 2 rings (SSSR count). The van der Waals surface area contributed by atoms with Gasteiger partial charge in [-0.1, -0.05) is 0 Å². The average Bonchev–Trinajstić information content (AvgIpc) is 2.34. The summed E-state index contributed by atoms with van der Waals surface area (Å²) in [6.07, 6.45) is -5.15. The van der Waals surface area contributed by atoms with Gasteiger partial charge in [-0.2, -0.15) is 13.2 Å². The number of nitrogen functional groups attached to an aromatic ring is 1. The fourth-order valence-electron chi connectivity index (χ4n) is 1.74. The maximum absolute atomic E-state index is 12.0. The molecule has 108 valence electrons. The molecule has 20 heavy (non-hydrogen) atoms. The Morgan fingerprint density at radius 1 is 1.35 bits per heavy atom. The fourth-order valence-corrected chi connectivity index (χ4v) is 1.74. The highest BCUT2D eigenvalue weighted by Gasteiger charge is 2.25. The number of anilines is 2. The molecule has 4 N–H and O–H groups in total. The summed E-state index contributed by atoms with van der Waals surface area (Å²) in [6, 6.07) is 4.68. The standard InChI is InChI=1S/C12H13F3N4O/c13-12(14,15)4-1-5-17-11-18-9-3-2-7(16)6-8(9)10(20)19-11/h2-3,6H,1,4-5,16H2,(H2,17,18,19,20). The molecule has 2 aromatic rings. The Morgan fingerprint density at radius 2 is 2.10 bits per heavy atom. The minimum absolute atomic E-state index is 0.0724. The number of aromatic amines is 1. The minimum atomic E-state index is -4.18. The van der Waals surface area contributed by atoms with Crippen molar-refractivity contribution in [3.8, 4) is 0 Å². The third-order valence-electron chi connectivity index (χ3n) is 2.66. The molecule has 0 aliphatic carbocycles. The van der Waals surface area contributed by atoms with Crippen molar-refractivity contribution >= 4 is 22.5 Å². The first-order valence-electron chi connectivity index (χ1n) is 5.95. The zero-order valence-electron chi connectivity index (χ0n) is 10.4. The molecule has 0 saturated carbocycles. The van der Waals surface area contributed by atoms with Gasteiger partial charge in [0.15, 0.2) is 0 Å². The zero-order valence-corrected chi connectivity index (χ0v) is 10.4. The topological polar surface area (TPSA) is 83.8 Å². The van der Waals surface area contributed by atoms with Crippen molar-refractivity contribution in [3.05, 3.63) is 28.6 Å². The van der Waals surface area contributed by atoms with E-state index >= 15 is 0 Å². The molecule has 0 saturated heterocycles. The second kappa shape index (κ2) is 5.40. The summed E-state index contributed by atoms with van der Waals surface area (Å²) in [5.41, 5.74) is 6.05. The van der Waals surface area contributed by atoms with Crippen LogP contribution in [0.1, 0.15) is 12.8 Å². The number of aromatic nitrogens is 2. The molecule has 0 radical (unpaired) electrons. The lowest BCUT2D eigenvalue weighted by atomic mass is 10.2. The number of alkyl halides is 3. The molecule has 1 aromatic heterocycles. The Hall–Kier alpha value is -2.25. The highest BCUT2D eigenvalue weighted by Crippen LogP contribution is 2.21. The summed E-state index contributed by atoms with van der Waals surface area (Å²) in [7, 11) is 0.